The van der Waals surface area contributed by atoms with Crippen molar-refractivity contribution in [3.05, 3.63) is 54.0 Å². The van der Waals surface area contributed by atoms with E-state index in [0.717, 1.165) is 27.2 Å². The molecule has 8 nitrogen and oxygen atoms in total. The summed E-state index contributed by atoms with van der Waals surface area (Å²) in [4.78, 5) is 15.8. The number of hydrogen-bond donors (Lipinski definition) is 1. The number of methoxy groups -OCH3 is 1. The van der Waals surface area contributed by atoms with E-state index in [9.17, 15) is 9.90 Å². The van der Waals surface area contributed by atoms with Crippen LogP contribution in [0.5, 0.6) is 23.1 Å². The van der Waals surface area contributed by atoms with E-state index in [1.807, 2.05) is 61.7 Å². The van der Waals surface area contributed by atoms with E-state index in [0.29, 0.717) is 37.0 Å². The second kappa shape index (κ2) is 11.3. The third-order valence-electron chi connectivity index (χ3n) is 5.53. The molecule has 2 aromatic carbocycles. The molecule has 190 valence electrons. The third-order valence-corrected chi connectivity index (χ3v) is 6.40. The summed E-state index contributed by atoms with van der Waals surface area (Å²) in [6.07, 6.45) is 2.54. The van der Waals surface area contributed by atoms with E-state index in [1.54, 1.807) is 24.8 Å². The molecule has 4 rings (SSSR count). The topological polar surface area (TPSA) is 92.0 Å². The molecule has 2 aromatic heterocycles. The van der Waals surface area contributed by atoms with Crippen molar-refractivity contribution in [3.63, 3.8) is 0 Å². The van der Waals surface area contributed by atoms with Gasteiger partial charge in [0.05, 0.1) is 31.8 Å². The van der Waals surface area contributed by atoms with Crippen molar-refractivity contribution in [2.75, 3.05) is 20.3 Å². The highest BCUT2D eigenvalue weighted by atomic mass is 32.1. The van der Waals surface area contributed by atoms with Gasteiger partial charge >= 0.3 is 5.97 Å². The Morgan fingerprint density at radius 2 is 1.86 bits per heavy atom. The Morgan fingerprint density at radius 1 is 1.06 bits per heavy atom. The van der Waals surface area contributed by atoms with Gasteiger partial charge in [-0.15, -0.1) is 11.3 Å². The lowest BCUT2D eigenvalue weighted by Crippen LogP contribution is -2.14. The number of fused-ring (bicyclic) bond motifs is 1. The summed E-state index contributed by atoms with van der Waals surface area (Å²) < 4.78 is 24.7. The van der Waals surface area contributed by atoms with E-state index in [2.05, 4.69) is 4.98 Å². The van der Waals surface area contributed by atoms with E-state index >= 15 is 0 Å². The largest absolute Gasteiger partial charge is 0.493 e. The van der Waals surface area contributed by atoms with Crippen molar-refractivity contribution in [2.45, 2.75) is 39.3 Å². The molecule has 0 amide bonds. The summed E-state index contributed by atoms with van der Waals surface area (Å²) in [5.41, 5.74) is 1.80. The van der Waals surface area contributed by atoms with Crippen LogP contribution in [0.1, 0.15) is 33.2 Å². The molecule has 2 heterocycles. The normalized spacial score (nSPS) is 12.0. The van der Waals surface area contributed by atoms with Crippen LogP contribution in [-0.2, 0) is 4.79 Å². The molecule has 1 atom stereocenters. The monoisotopic (exact) mass is 510 g/mol. The number of thiazole rings is 1. The molecule has 0 saturated carbocycles. The highest BCUT2D eigenvalue weighted by Crippen LogP contribution is 2.35. The summed E-state index contributed by atoms with van der Waals surface area (Å²) in [5, 5.41) is 13.0. The van der Waals surface area contributed by atoms with E-state index < -0.39 is 12.0 Å². The first kappa shape index (κ1) is 25.4. The number of benzene rings is 2. The second-order valence-electron chi connectivity index (χ2n) is 8.53. The lowest BCUT2D eigenvalue weighted by atomic mass is 10.2. The zero-order valence-electron chi connectivity index (χ0n) is 20.8. The maximum Gasteiger partial charge on any atom is 0.326 e. The zero-order valence-corrected chi connectivity index (χ0v) is 21.6. The first-order chi connectivity index (χ1) is 17.4. The molecule has 0 aliphatic heterocycles. The average Bonchev–Trinajstić information content (AvgIpc) is 3.49. The molecular weight excluding hydrogens is 480 g/mol. The molecule has 0 aliphatic carbocycles. The van der Waals surface area contributed by atoms with Crippen LogP contribution < -0.4 is 18.9 Å². The molecule has 36 heavy (non-hydrogen) atoms. The number of nitrogens with zero attached hydrogens (tertiary/aromatic N) is 2. The number of aliphatic carboxylic acids is 1. The molecule has 0 radical (unpaired) electrons. The molecule has 0 spiro atoms. The van der Waals surface area contributed by atoms with E-state index in [1.165, 1.54) is 11.3 Å². The second-order valence-corrected chi connectivity index (χ2v) is 9.39. The molecule has 9 heteroatoms. The van der Waals surface area contributed by atoms with Crippen molar-refractivity contribution in [1.29, 1.82) is 0 Å². The molecule has 0 aliphatic rings. The molecular formula is C27H30N2O6S. The minimum absolute atomic E-state index is 0.0757. The molecule has 0 fully saturated rings. The van der Waals surface area contributed by atoms with E-state index in [4.69, 9.17) is 18.9 Å². The van der Waals surface area contributed by atoms with Gasteiger partial charge in [0.2, 0.25) is 5.88 Å². The van der Waals surface area contributed by atoms with Gasteiger partial charge in [0.25, 0.3) is 0 Å². The summed E-state index contributed by atoms with van der Waals surface area (Å²) in [6.45, 7) is 6.55. The number of hydrogen-bond acceptors (Lipinski definition) is 7. The van der Waals surface area contributed by atoms with Crippen LogP contribution in [0.2, 0.25) is 0 Å². The highest BCUT2D eigenvalue weighted by molar-refractivity contribution is 7.13. The Balaban J connectivity index is 1.30. The summed E-state index contributed by atoms with van der Waals surface area (Å²) in [5.74, 6) is 1.78. The van der Waals surface area contributed by atoms with Crippen LogP contribution in [0.3, 0.4) is 0 Å². The van der Waals surface area contributed by atoms with Crippen LogP contribution in [-0.4, -0.2) is 47.1 Å². The van der Waals surface area contributed by atoms with Crippen molar-refractivity contribution in [1.82, 2.24) is 9.55 Å². The maximum atomic E-state index is 11.3. The number of carboxylic acid groups (broad SMARTS) is 1. The lowest BCUT2D eigenvalue weighted by molar-refractivity contribution is -0.140. The number of carbonyl (C=O) groups is 1. The van der Waals surface area contributed by atoms with Crippen molar-refractivity contribution in [2.24, 2.45) is 0 Å². The van der Waals surface area contributed by atoms with Gasteiger partial charge in [0.15, 0.2) is 11.5 Å². The first-order valence-corrected chi connectivity index (χ1v) is 12.6. The summed E-state index contributed by atoms with van der Waals surface area (Å²) >= 11 is 1.52. The van der Waals surface area contributed by atoms with Crippen LogP contribution >= 0.6 is 11.3 Å². The quantitative estimate of drug-likeness (QED) is 0.232. The maximum absolute atomic E-state index is 11.3. The van der Waals surface area contributed by atoms with Crippen LogP contribution in [0.4, 0.5) is 0 Å². The highest BCUT2D eigenvalue weighted by Gasteiger charge is 2.15. The smallest absolute Gasteiger partial charge is 0.326 e. The average molecular weight is 511 g/mol. The van der Waals surface area contributed by atoms with E-state index in [-0.39, 0.29) is 6.10 Å². The van der Waals surface area contributed by atoms with Crippen LogP contribution in [0.15, 0.2) is 54.0 Å². The lowest BCUT2D eigenvalue weighted by Gasteiger charge is -2.13. The fourth-order valence-electron chi connectivity index (χ4n) is 3.73. The van der Waals surface area contributed by atoms with Gasteiger partial charge in [-0.2, -0.15) is 0 Å². The van der Waals surface area contributed by atoms with Crippen molar-refractivity contribution >= 4 is 28.2 Å². The minimum Gasteiger partial charge on any atom is -0.493 e. The molecule has 1 unspecified atom stereocenters. The fraction of sp³-hybridized carbons (Fsp3) is 0.333. The number of aromatic nitrogens is 2. The van der Waals surface area contributed by atoms with Gasteiger partial charge < -0.3 is 28.6 Å². The minimum atomic E-state index is -0.868. The predicted molar refractivity (Wildman–Crippen MR) is 140 cm³/mol. The Hall–Kier alpha value is -3.72. The molecule has 1 N–H and O–H groups in total. The predicted octanol–water partition coefficient (Wildman–Crippen LogP) is 6.05. The van der Waals surface area contributed by atoms with Gasteiger partial charge in [0.1, 0.15) is 16.8 Å². The Kier molecular flexibility index (Phi) is 8.00. The molecule has 0 saturated heterocycles. The Labute approximate surface area is 214 Å². The molecule has 4 aromatic rings. The number of ether oxygens (including phenoxy) is 4. The summed E-state index contributed by atoms with van der Waals surface area (Å²) in [6, 6.07) is 12.7. The SMILES string of the molecule is COc1cc(-c2nc(OC(C)C)cs2)ccc1OCCCOc1ccc2c(ccn2C(C)C(=O)O)c1. The number of rotatable bonds is 12. The Morgan fingerprint density at radius 3 is 2.61 bits per heavy atom. The van der Waals surface area contributed by atoms with Gasteiger partial charge in [0, 0.05) is 29.1 Å². The van der Waals surface area contributed by atoms with Crippen LogP contribution in [0.25, 0.3) is 21.5 Å². The standard InChI is InChI=1S/C27H30N2O6S/c1-17(2)35-25-16-36-26(28-25)20-6-9-23(24(15-20)32-4)34-13-5-12-33-21-7-8-22-19(14-21)10-11-29(22)18(3)27(30)31/h6-11,14-18H,5,12-13H2,1-4H3,(H,30,31). The summed E-state index contributed by atoms with van der Waals surface area (Å²) in [7, 11) is 1.62. The van der Waals surface area contributed by atoms with Gasteiger partial charge in [-0.05, 0) is 63.2 Å². The fourth-order valence-corrected chi connectivity index (χ4v) is 4.45. The third kappa shape index (κ3) is 5.91. The van der Waals surface area contributed by atoms with Crippen molar-refractivity contribution in [3.8, 4) is 33.7 Å². The molecule has 0 bridgehead atoms. The number of carboxylic acids is 1. The van der Waals surface area contributed by atoms with Gasteiger partial charge in [-0.25, -0.2) is 9.78 Å². The van der Waals surface area contributed by atoms with Gasteiger partial charge in [-0.1, -0.05) is 0 Å². The van der Waals surface area contributed by atoms with Crippen LogP contribution in [0, 0.1) is 0 Å². The first-order valence-electron chi connectivity index (χ1n) is 11.8. The zero-order chi connectivity index (χ0) is 25.7. The van der Waals surface area contributed by atoms with Gasteiger partial charge in [-0.3, -0.25) is 0 Å². The van der Waals surface area contributed by atoms with Crippen molar-refractivity contribution < 1.29 is 28.8 Å². The Bertz CT molecular complexity index is 1330.